The molecule has 1 aliphatic heterocycles. The third-order valence-corrected chi connectivity index (χ3v) is 4.06. The van der Waals surface area contributed by atoms with E-state index in [9.17, 15) is 4.79 Å². The van der Waals surface area contributed by atoms with E-state index >= 15 is 0 Å². The maximum absolute atomic E-state index is 12.6. The molecule has 2 aromatic rings. The number of carbonyl (C=O) groups excluding carboxylic acids is 1. The number of benzene rings is 1. The first-order chi connectivity index (χ1) is 9.31. The van der Waals surface area contributed by atoms with E-state index in [-0.39, 0.29) is 11.9 Å². The summed E-state index contributed by atoms with van der Waals surface area (Å²) in [5, 5.41) is 0. The number of ether oxygens (including phenoxy) is 1. The van der Waals surface area contributed by atoms with Gasteiger partial charge in [0.05, 0.1) is 5.69 Å². The zero-order valence-corrected chi connectivity index (χ0v) is 10.4. The van der Waals surface area contributed by atoms with Crippen molar-refractivity contribution < 1.29 is 9.53 Å². The minimum atomic E-state index is -0.650. The van der Waals surface area contributed by atoms with E-state index in [0.717, 1.165) is 29.7 Å². The Morgan fingerprint density at radius 1 is 1.16 bits per heavy atom. The van der Waals surface area contributed by atoms with Gasteiger partial charge in [0, 0.05) is 11.8 Å². The minimum absolute atomic E-state index is 0.116. The van der Waals surface area contributed by atoms with Gasteiger partial charge in [-0.25, -0.2) is 0 Å². The summed E-state index contributed by atoms with van der Waals surface area (Å²) in [4.78, 5) is 16.9. The second-order valence-electron chi connectivity index (χ2n) is 5.13. The number of rotatable bonds is 1. The Balaban J connectivity index is 1.71. The van der Waals surface area contributed by atoms with Crippen molar-refractivity contribution >= 4 is 5.78 Å². The molecule has 0 saturated carbocycles. The van der Waals surface area contributed by atoms with E-state index in [1.54, 1.807) is 6.20 Å². The molecule has 0 N–H and O–H groups in total. The molecule has 1 spiro atoms. The molecule has 1 aromatic carbocycles. The first-order valence-corrected chi connectivity index (χ1v) is 6.53. The van der Waals surface area contributed by atoms with Gasteiger partial charge in [0.15, 0.2) is 11.4 Å². The number of hydrogen-bond acceptors (Lipinski definition) is 3. The topological polar surface area (TPSA) is 42.5 Å². The fourth-order valence-electron chi connectivity index (χ4n) is 2.99. The van der Waals surface area contributed by atoms with Crippen LogP contribution in [0.1, 0.15) is 34.1 Å². The Labute approximate surface area is 111 Å². The second-order valence-corrected chi connectivity index (χ2v) is 5.13. The number of Topliss-reactive ketones (excluding diaryl/α,β-unsaturated/α-hetero) is 1. The van der Waals surface area contributed by atoms with Crippen molar-refractivity contribution in [3.63, 3.8) is 0 Å². The molecule has 1 saturated heterocycles. The summed E-state index contributed by atoms with van der Waals surface area (Å²) in [6.45, 7) is 0. The summed E-state index contributed by atoms with van der Waals surface area (Å²) in [5.41, 5.74) is 2.15. The van der Waals surface area contributed by atoms with Gasteiger partial charge in [0.25, 0.3) is 0 Å². The van der Waals surface area contributed by atoms with Gasteiger partial charge in [-0.05, 0) is 30.5 Å². The molecule has 2 heterocycles. The monoisotopic (exact) mass is 251 g/mol. The fraction of sp³-hybridized carbons (Fsp3) is 0.250. The maximum atomic E-state index is 12.6. The normalized spacial score (nSPS) is 28.2. The standard InChI is InChI=1S/C16H13NO2/c18-14-12-6-2-1-5-11(12)8-9-16(14)15(19-16)13-7-3-4-10-17-13/h1-7,10,15H,8-9H2. The molecular formula is C16H13NO2. The van der Waals surface area contributed by atoms with Crippen LogP contribution in [0.3, 0.4) is 0 Å². The number of hydrogen-bond donors (Lipinski definition) is 0. The number of nitrogens with zero attached hydrogens (tertiary/aromatic N) is 1. The van der Waals surface area contributed by atoms with Crippen LogP contribution in [-0.4, -0.2) is 16.4 Å². The highest BCUT2D eigenvalue weighted by Crippen LogP contribution is 2.55. The summed E-state index contributed by atoms with van der Waals surface area (Å²) in [5.74, 6) is 0.116. The van der Waals surface area contributed by atoms with Crippen molar-refractivity contribution in [1.82, 2.24) is 4.98 Å². The third-order valence-electron chi connectivity index (χ3n) is 4.06. The number of epoxide rings is 1. The number of carbonyl (C=O) groups is 1. The quantitative estimate of drug-likeness (QED) is 0.732. The first kappa shape index (κ1) is 10.9. The third kappa shape index (κ3) is 1.48. The second kappa shape index (κ2) is 3.75. The van der Waals surface area contributed by atoms with Crippen molar-refractivity contribution in [2.45, 2.75) is 24.5 Å². The lowest BCUT2D eigenvalue weighted by Crippen LogP contribution is -2.31. The molecule has 3 nitrogen and oxygen atoms in total. The van der Waals surface area contributed by atoms with E-state index in [1.807, 2.05) is 42.5 Å². The van der Waals surface area contributed by atoms with E-state index in [4.69, 9.17) is 4.74 Å². The molecule has 3 heteroatoms. The van der Waals surface area contributed by atoms with Crippen LogP contribution in [0, 0.1) is 0 Å². The highest BCUT2D eigenvalue weighted by atomic mass is 16.6. The number of pyridine rings is 1. The highest BCUT2D eigenvalue weighted by molar-refractivity contribution is 6.06. The molecule has 0 radical (unpaired) electrons. The summed E-state index contributed by atoms with van der Waals surface area (Å²) >= 11 is 0. The molecule has 94 valence electrons. The van der Waals surface area contributed by atoms with E-state index in [1.165, 1.54) is 0 Å². The smallest absolute Gasteiger partial charge is 0.198 e. The van der Waals surface area contributed by atoms with Crippen LogP contribution in [-0.2, 0) is 11.2 Å². The zero-order chi connectivity index (χ0) is 12.9. The summed E-state index contributed by atoms with van der Waals surface area (Å²) in [7, 11) is 0. The van der Waals surface area contributed by atoms with Gasteiger partial charge >= 0.3 is 0 Å². The van der Waals surface area contributed by atoms with Gasteiger partial charge in [0.2, 0.25) is 0 Å². The number of ketones is 1. The Bertz CT molecular complexity index is 653. The van der Waals surface area contributed by atoms with Gasteiger partial charge in [-0.3, -0.25) is 9.78 Å². The molecule has 0 amide bonds. The molecule has 2 unspecified atom stereocenters. The average Bonchev–Trinajstić information content (AvgIpc) is 3.20. The number of aryl methyl sites for hydroxylation is 1. The molecule has 19 heavy (non-hydrogen) atoms. The van der Waals surface area contributed by atoms with Gasteiger partial charge in [-0.15, -0.1) is 0 Å². The minimum Gasteiger partial charge on any atom is -0.351 e. The Kier molecular flexibility index (Phi) is 2.15. The molecule has 0 bridgehead atoms. The Hall–Kier alpha value is -2.00. The molecule has 1 aliphatic carbocycles. The van der Waals surface area contributed by atoms with Crippen molar-refractivity contribution in [2.24, 2.45) is 0 Å². The van der Waals surface area contributed by atoms with Crippen LogP contribution >= 0.6 is 0 Å². The lowest BCUT2D eigenvalue weighted by atomic mass is 9.80. The molecule has 1 fully saturated rings. The molecule has 4 rings (SSSR count). The summed E-state index contributed by atoms with van der Waals surface area (Å²) in [6, 6.07) is 13.5. The lowest BCUT2D eigenvalue weighted by molar-refractivity contribution is 0.0850. The van der Waals surface area contributed by atoms with Crippen LogP contribution in [0.25, 0.3) is 0 Å². The van der Waals surface area contributed by atoms with Crippen LogP contribution in [0.5, 0.6) is 0 Å². The lowest BCUT2D eigenvalue weighted by Gasteiger charge is -2.20. The van der Waals surface area contributed by atoms with E-state index in [2.05, 4.69) is 4.98 Å². The van der Waals surface area contributed by atoms with Crippen LogP contribution in [0.15, 0.2) is 48.7 Å². The maximum Gasteiger partial charge on any atom is 0.198 e. The van der Waals surface area contributed by atoms with Gasteiger partial charge < -0.3 is 4.74 Å². The van der Waals surface area contributed by atoms with Crippen molar-refractivity contribution in [3.05, 3.63) is 65.5 Å². The largest absolute Gasteiger partial charge is 0.351 e. The Morgan fingerprint density at radius 2 is 2.00 bits per heavy atom. The highest BCUT2D eigenvalue weighted by Gasteiger charge is 2.64. The van der Waals surface area contributed by atoms with Crippen LogP contribution < -0.4 is 0 Å². The predicted molar refractivity (Wildman–Crippen MR) is 69.9 cm³/mol. The molecule has 2 aliphatic rings. The molecule has 1 aromatic heterocycles. The number of aromatic nitrogens is 1. The predicted octanol–water partition coefficient (Wildman–Crippen LogP) is 2.72. The Morgan fingerprint density at radius 3 is 2.84 bits per heavy atom. The van der Waals surface area contributed by atoms with Crippen molar-refractivity contribution in [3.8, 4) is 0 Å². The van der Waals surface area contributed by atoms with Crippen LogP contribution in [0.2, 0.25) is 0 Å². The summed E-state index contributed by atoms with van der Waals surface area (Å²) < 4.78 is 5.79. The fourth-order valence-corrected chi connectivity index (χ4v) is 2.99. The van der Waals surface area contributed by atoms with Crippen LogP contribution in [0.4, 0.5) is 0 Å². The van der Waals surface area contributed by atoms with Gasteiger partial charge in [0.1, 0.15) is 6.10 Å². The van der Waals surface area contributed by atoms with Gasteiger partial charge in [-0.2, -0.15) is 0 Å². The van der Waals surface area contributed by atoms with Gasteiger partial charge in [-0.1, -0.05) is 30.3 Å². The van der Waals surface area contributed by atoms with E-state index in [0.29, 0.717) is 0 Å². The molecule has 2 atom stereocenters. The SMILES string of the molecule is O=C1c2ccccc2CCC12OC2c1ccccn1. The summed E-state index contributed by atoms with van der Waals surface area (Å²) in [6.07, 6.45) is 3.22. The zero-order valence-electron chi connectivity index (χ0n) is 10.4. The molecular weight excluding hydrogens is 238 g/mol. The first-order valence-electron chi connectivity index (χ1n) is 6.53. The van der Waals surface area contributed by atoms with Crippen molar-refractivity contribution in [2.75, 3.05) is 0 Å². The number of fused-ring (bicyclic) bond motifs is 1. The average molecular weight is 251 g/mol. The van der Waals surface area contributed by atoms with Crippen molar-refractivity contribution in [1.29, 1.82) is 0 Å². The van der Waals surface area contributed by atoms with E-state index < -0.39 is 5.60 Å².